The van der Waals surface area contributed by atoms with Gasteiger partial charge in [0.2, 0.25) is 0 Å². The molecule has 1 aliphatic rings. The summed E-state index contributed by atoms with van der Waals surface area (Å²) in [6.07, 6.45) is 2.25. The maximum absolute atomic E-state index is 5.36. The van der Waals surface area contributed by atoms with E-state index in [4.69, 9.17) is 4.74 Å². The lowest BCUT2D eigenvalue weighted by molar-refractivity contribution is 0.266. The average Bonchev–Trinajstić information content (AvgIpc) is 2.36. The van der Waals surface area contributed by atoms with Crippen LogP contribution in [0.1, 0.15) is 30.5 Å². The molecular weight excluding hydrogens is 198 g/mol. The van der Waals surface area contributed by atoms with E-state index in [1.54, 1.807) is 7.11 Å². The molecule has 0 fully saturated rings. The van der Waals surface area contributed by atoms with Gasteiger partial charge in [-0.05, 0) is 48.2 Å². The number of likely N-dealkylation sites (N-methyl/N-ethyl adjacent to an activating group) is 1. The largest absolute Gasteiger partial charge is 0.497 e. The van der Waals surface area contributed by atoms with Crippen molar-refractivity contribution in [2.24, 2.45) is 0 Å². The minimum atomic E-state index is 1.01. The molecule has 0 saturated heterocycles. The van der Waals surface area contributed by atoms with Crippen molar-refractivity contribution in [2.75, 3.05) is 20.2 Å². The molecule has 16 heavy (non-hydrogen) atoms. The average molecular weight is 219 g/mol. The number of hydrogen-bond donors (Lipinski definition) is 0. The van der Waals surface area contributed by atoms with Gasteiger partial charge in [-0.15, -0.1) is 0 Å². The maximum atomic E-state index is 5.36. The van der Waals surface area contributed by atoms with Crippen LogP contribution < -0.4 is 4.74 Å². The normalized spacial score (nSPS) is 15.9. The van der Waals surface area contributed by atoms with Gasteiger partial charge in [0, 0.05) is 13.1 Å². The molecule has 88 valence electrons. The van der Waals surface area contributed by atoms with E-state index in [2.05, 4.69) is 30.9 Å². The second-order valence-corrected chi connectivity index (χ2v) is 4.40. The van der Waals surface area contributed by atoms with Crippen LogP contribution in [0.15, 0.2) is 12.1 Å². The molecule has 0 aliphatic carbocycles. The monoisotopic (exact) mass is 219 g/mol. The van der Waals surface area contributed by atoms with Crippen molar-refractivity contribution in [3.8, 4) is 5.75 Å². The first kappa shape index (κ1) is 11.5. The van der Waals surface area contributed by atoms with Crippen molar-refractivity contribution < 1.29 is 4.74 Å². The maximum Gasteiger partial charge on any atom is 0.119 e. The number of ether oxygens (including phenoxy) is 1. The smallest absolute Gasteiger partial charge is 0.119 e. The van der Waals surface area contributed by atoms with Gasteiger partial charge in [-0.2, -0.15) is 0 Å². The van der Waals surface area contributed by atoms with E-state index in [9.17, 15) is 0 Å². The molecule has 2 nitrogen and oxygen atoms in total. The Balaban J connectivity index is 2.38. The van der Waals surface area contributed by atoms with Crippen molar-refractivity contribution >= 4 is 0 Å². The SMILES string of the molecule is CCc1cc(OC)cc2c1CN(CC)CC2. The van der Waals surface area contributed by atoms with Gasteiger partial charge in [-0.25, -0.2) is 0 Å². The van der Waals surface area contributed by atoms with Gasteiger partial charge in [0.1, 0.15) is 5.75 Å². The number of aryl methyl sites for hydroxylation is 1. The van der Waals surface area contributed by atoms with E-state index < -0.39 is 0 Å². The second kappa shape index (κ2) is 4.88. The van der Waals surface area contributed by atoms with Gasteiger partial charge in [0.05, 0.1) is 7.11 Å². The molecule has 0 bridgehead atoms. The van der Waals surface area contributed by atoms with Crippen molar-refractivity contribution in [3.05, 3.63) is 28.8 Å². The number of fused-ring (bicyclic) bond motifs is 1. The van der Waals surface area contributed by atoms with Gasteiger partial charge in [0.15, 0.2) is 0 Å². The summed E-state index contributed by atoms with van der Waals surface area (Å²) in [7, 11) is 1.75. The van der Waals surface area contributed by atoms with Crippen LogP contribution in [0.4, 0.5) is 0 Å². The van der Waals surface area contributed by atoms with E-state index >= 15 is 0 Å². The summed E-state index contributed by atoms with van der Waals surface area (Å²) in [5, 5.41) is 0. The number of rotatable bonds is 3. The molecule has 0 N–H and O–H groups in total. The highest BCUT2D eigenvalue weighted by molar-refractivity contribution is 5.43. The summed E-state index contributed by atoms with van der Waals surface area (Å²) in [6, 6.07) is 4.40. The third-order valence-corrected chi connectivity index (χ3v) is 3.55. The summed E-state index contributed by atoms with van der Waals surface area (Å²) in [6.45, 7) is 7.90. The number of benzene rings is 1. The third-order valence-electron chi connectivity index (χ3n) is 3.55. The summed E-state index contributed by atoms with van der Waals surface area (Å²) in [5.74, 6) is 1.01. The highest BCUT2D eigenvalue weighted by atomic mass is 16.5. The van der Waals surface area contributed by atoms with Gasteiger partial charge in [-0.3, -0.25) is 4.90 Å². The first-order valence-electron chi connectivity index (χ1n) is 6.19. The van der Waals surface area contributed by atoms with E-state index in [0.29, 0.717) is 0 Å². The molecule has 2 rings (SSSR count). The van der Waals surface area contributed by atoms with E-state index in [1.165, 1.54) is 23.2 Å². The van der Waals surface area contributed by atoms with E-state index in [-0.39, 0.29) is 0 Å². The van der Waals surface area contributed by atoms with Crippen molar-refractivity contribution in [3.63, 3.8) is 0 Å². The molecule has 0 aromatic heterocycles. The molecule has 2 heteroatoms. The fourth-order valence-electron chi connectivity index (χ4n) is 2.48. The van der Waals surface area contributed by atoms with Crippen molar-refractivity contribution in [1.82, 2.24) is 4.90 Å². The van der Waals surface area contributed by atoms with Crippen LogP contribution in [0.2, 0.25) is 0 Å². The molecule has 0 saturated carbocycles. The van der Waals surface area contributed by atoms with Crippen LogP contribution in [0, 0.1) is 0 Å². The number of methoxy groups -OCH3 is 1. The van der Waals surface area contributed by atoms with Crippen LogP contribution in [0.5, 0.6) is 5.75 Å². The highest BCUT2D eigenvalue weighted by Gasteiger charge is 2.18. The lowest BCUT2D eigenvalue weighted by Gasteiger charge is -2.29. The Morgan fingerprint density at radius 2 is 2.12 bits per heavy atom. The molecule has 1 aromatic rings. The van der Waals surface area contributed by atoms with Gasteiger partial charge >= 0.3 is 0 Å². The van der Waals surface area contributed by atoms with Gasteiger partial charge < -0.3 is 4.74 Å². The minimum Gasteiger partial charge on any atom is -0.497 e. The van der Waals surface area contributed by atoms with Gasteiger partial charge in [-0.1, -0.05) is 13.8 Å². The lowest BCUT2D eigenvalue weighted by Crippen LogP contribution is -2.31. The summed E-state index contributed by atoms with van der Waals surface area (Å²) in [5.41, 5.74) is 4.48. The summed E-state index contributed by atoms with van der Waals surface area (Å²) in [4.78, 5) is 2.51. The highest BCUT2D eigenvalue weighted by Crippen LogP contribution is 2.28. The fraction of sp³-hybridized carbons (Fsp3) is 0.571. The molecule has 1 aliphatic heterocycles. The zero-order chi connectivity index (χ0) is 11.5. The molecule has 1 heterocycles. The van der Waals surface area contributed by atoms with Gasteiger partial charge in [0.25, 0.3) is 0 Å². The minimum absolute atomic E-state index is 1.01. The molecule has 0 unspecified atom stereocenters. The zero-order valence-electron chi connectivity index (χ0n) is 10.5. The Morgan fingerprint density at radius 1 is 1.31 bits per heavy atom. The van der Waals surface area contributed by atoms with Crippen LogP contribution in [0.25, 0.3) is 0 Å². The third kappa shape index (κ3) is 2.07. The van der Waals surface area contributed by atoms with Crippen molar-refractivity contribution in [2.45, 2.75) is 33.2 Å². The number of nitrogens with zero attached hydrogens (tertiary/aromatic N) is 1. The molecule has 0 spiro atoms. The van der Waals surface area contributed by atoms with Crippen LogP contribution >= 0.6 is 0 Å². The van der Waals surface area contributed by atoms with Crippen molar-refractivity contribution in [1.29, 1.82) is 0 Å². The fourth-order valence-corrected chi connectivity index (χ4v) is 2.48. The van der Waals surface area contributed by atoms with E-state index in [0.717, 1.165) is 31.7 Å². The zero-order valence-corrected chi connectivity index (χ0v) is 10.5. The first-order valence-corrected chi connectivity index (χ1v) is 6.19. The molecule has 0 radical (unpaired) electrons. The summed E-state index contributed by atoms with van der Waals surface area (Å²) >= 11 is 0. The Bertz CT molecular complexity index is 356. The Morgan fingerprint density at radius 3 is 2.75 bits per heavy atom. The lowest BCUT2D eigenvalue weighted by atomic mass is 9.93. The van der Waals surface area contributed by atoms with Crippen LogP contribution in [0.3, 0.4) is 0 Å². The first-order chi connectivity index (χ1) is 7.78. The molecule has 0 amide bonds. The molecule has 1 aromatic carbocycles. The Labute approximate surface area is 98.2 Å². The van der Waals surface area contributed by atoms with Crippen LogP contribution in [-0.4, -0.2) is 25.1 Å². The van der Waals surface area contributed by atoms with E-state index in [1.807, 2.05) is 0 Å². The number of hydrogen-bond acceptors (Lipinski definition) is 2. The van der Waals surface area contributed by atoms with Crippen LogP contribution in [-0.2, 0) is 19.4 Å². The Hall–Kier alpha value is -1.02. The molecular formula is C14H21NO. The summed E-state index contributed by atoms with van der Waals surface area (Å²) < 4.78 is 5.36. The second-order valence-electron chi connectivity index (χ2n) is 4.40. The topological polar surface area (TPSA) is 12.5 Å². The predicted octanol–water partition coefficient (Wildman–Crippen LogP) is 2.64. The quantitative estimate of drug-likeness (QED) is 0.775. The standard InChI is InChI=1S/C14H21NO/c1-4-11-8-13(16-3)9-12-6-7-15(5-2)10-14(11)12/h8-9H,4-7,10H2,1-3H3. The molecule has 0 atom stereocenters. The predicted molar refractivity (Wildman–Crippen MR) is 67.0 cm³/mol. The Kier molecular flexibility index (Phi) is 3.49.